The van der Waals surface area contributed by atoms with Crippen LogP contribution in [0.3, 0.4) is 0 Å². The zero-order valence-electron chi connectivity index (χ0n) is 9.94. The zero-order valence-corrected chi connectivity index (χ0v) is 11.4. The van der Waals surface area contributed by atoms with E-state index in [4.69, 9.17) is 27.9 Å². The van der Waals surface area contributed by atoms with Crippen molar-refractivity contribution in [3.63, 3.8) is 0 Å². The molecule has 0 saturated carbocycles. The van der Waals surface area contributed by atoms with Crippen LogP contribution in [0.4, 0.5) is 0 Å². The maximum Gasteiger partial charge on any atom is 0.144 e. The molecule has 2 rings (SSSR count). The molecule has 3 nitrogen and oxygen atoms in total. The van der Waals surface area contributed by atoms with E-state index in [1.54, 1.807) is 36.4 Å². The van der Waals surface area contributed by atoms with E-state index in [0.29, 0.717) is 21.4 Å². The van der Waals surface area contributed by atoms with Crippen molar-refractivity contribution in [2.45, 2.75) is 13.2 Å². The van der Waals surface area contributed by atoms with E-state index in [9.17, 15) is 10.2 Å². The molecular weight excluding hydrogens is 287 g/mol. The van der Waals surface area contributed by atoms with Gasteiger partial charge in [0.05, 0.1) is 11.6 Å². The molecule has 0 fully saturated rings. The van der Waals surface area contributed by atoms with Crippen LogP contribution in [0.5, 0.6) is 11.5 Å². The number of aliphatic hydroxyl groups is 1. The minimum absolute atomic E-state index is 0.198. The second-order valence-electron chi connectivity index (χ2n) is 3.99. The van der Waals surface area contributed by atoms with Crippen molar-refractivity contribution in [3.05, 3.63) is 57.6 Å². The van der Waals surface area contributed by atoms with E-state index >= 15 is 0 Å². The van der Waals surface area contributed by atoms with Crippen molar-refractivity contribution in [1.29, 1.82) is 0 Å². The van der Waals surface area contributed by atoms with Gasteiger partial charge in [0.15, 0.2) is 0 Å². The van der Waals surface area contributed by atoms with E-state index in [1.807, 2.05) is 0 Å². The lowest BCUT2D eigenvalue weighted by molar-refractivity contribution is 0.259. The Morgan fingerprint density at radius 3 is 2.37 bits per heavy atom. The van der Waals surface area contributed by atoms with Gasteiger partial charge in [-0.15, -0.1) is 0 Å². The van der Waals surface area contributed by atoms with Crippen LogP contribution >= 0.6 is 23.2 Å². The van der Waals surface area contributed by atoms with Crippen LogP contribution < -0.4 is 4.74 Å². The molecule has 0 aliphatic rings. The van der Waals surface area contributed by atoms with Gasteiger partial charge in [0.25, 0.3) is 0 Å². The lowest BCUT2D eigenvalue weighted by atomic mass is 10.2. The molecule has 100 valence electrons. The normalized spacial score (nSPS) is 10.5. The van der Waals surface area contributed by atoms with Crippen LogP contribution in [0.2, 0.25) is 10.0 Å². The van der Waals surface area contributed by atoms with Gasteiger partial charge in [0, 0.05) is 10.6 Å². The summed E-state index contributed by atoms with van der Waals surface area (Å²) >= 11 is 11.9. The second kappa shape index (κ2) is 6.15. The molecule has 5 heteroatoms. The summed E-state index contributed by atoms with van der Waals surface area (Å²) in [6.07, 6.45) is 0. The molecule has 0 heterocycles. The first-order valence-electron chi connectivity index (χ1n) is 5.59. The van der Waals surface area contributed by atoms with Crippen LogP contribution in [0.15, 0.2) is 36.4 Å². The summed E-state index contributed by atoms with van der Waals surface area (Å²) in [5, 5.41) is 19.3. The number of phenols is 1. The summed E-state index contributed by atoms with van der Waals surface area (Å²) in [4.78, 5) is 0. The molecule has 0 atom stereocenters. The number of rotatable bonds is 4. The molecule has 0 radical (unpaired) electrons. The number of phenolic OH excluding ortho intramolecular Hbond substituents is 1. The Morgan fingerprint density at radius 2 is 1.74 bits per heavy atom. The van der Waals surface area contributed by atoms with Crippen LogP contribution in [0.25, 0.3) is 0 Å². The first kappa shape index (κ1) is 14.0. The number of halogens is 2. The first-order chi connectivity index (χ1) is 9.10. The van der Waals surface area contributed by atoms with E-state index < -0.39 is 0 Å². The van der Waals surface area contributed by atoms with Gasteiger partial charge in [-0.25, -0.2) is 0 Å². The quantitative estimate of drug-likeness (QED) is 0.903. The van der Waals surface area contributed by atoms with Gasteiger partial charge in [0.1, 0.15) is 18.1 Å². The van der Waals surface area contributed by atoms with Crippen molar-refractivity contribution in [3.8, 4) is 11.5 Å². The van der Waals surface area contributed by atoms with Crippen LogP contribution in [-0.4, -0.2) is 10.2 Å². The number of aliphatic hydroxyl groups excluding tert-OH is 1. The third-order valence-corrected chi connectivity index (χ3v) is 3.07. The highest BCUT2D eigenvalue weighted by molar-refractivity contribution is 6.35. The fraction of sp³-hybridized carbons (Fsp3) is 0.143. The fourth-order valence-corrected chi connectivity index (χ4v) is 2.23. The van der Waals surface area contributed by atoms with Crippen molar-refractivity contribution >= 4 is 23.2 Å². The molecule has 0 aliphatic heterocycles. The van der Waals surface area contributed by atoms with Crippen molar-refractivity contribution in [1.82, 2.24) is 0 Å². The van der Waals surface area contributed by atoms with Gasteiger partial charge in [-0.05, 0) is 29.8 Å². The summed E-state index contributed by atoms with van der Waals surface area (Å²) in [5.41, 5.74) is 1.42. The molecule has 0 unspecified atom stereocenters. The van der Waals surface area contributed by atoms with E-state index in [1.165, 1.54) is 0 Å². The Morgan fingerprint density at radius 1 is 1.05 bits per heavy atom. The Bertz CT molecular complexity index is 568. The molecular formula is C14H12Cl2O3. The van der Waals surface area contributed by atoms with E-state index in [-0.39, 0.29) is 19.0 Å². The number of hydrogen-bond acceptors (Lipinski definition) is 3. The standard InChI is InChI=1S/C14H12Cl2O3/c15-11-5-10(7-17)14(13(16)6-11)19-8-9-1-3-12(18)4-2-9/h1-6,17-18H,7-8H2. The zero-order chi connectivity index (χ0) is 13.8. The Labute approximate surface area is 121 Å². The Balaban J connectivity index is 2.17. The third-order valence-electron chi connectivity index (χ3n) is 2.58. The summed E-state index contributed by atoms with van der Waals surface area (Å²) in [6, 6.07) is 9.83. The van der Waals surface area contributed by atoms with Gasteiger partial charge in [-0.3, -0.25) is 0 Å². The molecule has 2 aromatic carbocycles. The van der Waals surface area contributed by atoms with Gasteiger partial charge < -0.3 is 14.9 Å². The van der Waals surface area contributed by atoms with Gasteiger partial charge in [-0.1, -0.05) is 35.3 Å². The molecule has 0 bridgehead atoms. The average Bonchev–Trinajstić information content (AvgIpc) is 2.39. The second-order valence-corrected chi connectivity index (χ2v) is 4.83. The first-order valence-corrected chi connectivity index (χ1v) is 6.35. The molecule has 2 aromatic rings. The summed E-state index contributed by atoms with van der Waals surface area (Å²) < 4.78 is 5.61. The lowest BCUT2D eigenvalue weighted by Crippen LogP contribution is -1.99. The molecule has 0 saturated heterocycles. The van der Waals surface area contributed by atoms with Crippen molar-refractivity contribution < 1.29 is 14.9 Å². The van der Waals surface area contributed by atoms with Crippen molar-refractivity contribution in [2.75, 3.05) is 0 Å². The van der Waals surface area contributed by atoms with E-state index in [2.05, 4.69) is 0 Å². The molecule has 2 N–H and O–H groups in total. The smallest absolute Gasteiger partial charge is 0.144 e. The lowest BCUT2D eigenvalue weighted by Gasteiger charge is -2.12. The van der Waals surface area contributed by atoms with Crippen LogP contribution in [0.1, 0.15) is 11.1 Å². The number of aromatic hydroxyl groups is 1. The molecule has 0 aliphatic carbocycles. The van der Waals surface area contributed by atoms with Gasteiger partial charge >= 0.3 is 0 Å². The van der Waals surface area contributed by atoms with E-state index in [0.717, 1.165) is 5.56 Å². The third kappa shape index (κ3) is 3.53. The Hall–Kier alpha value is -1.42. The number of hydrogen-bond donors (Lipinski definition) is 2. The summed E-state index contributed by atoms with van der Waals surface area (Å²) in [5.74, 6) is 0.617. The topological polar surface area (TPSA) is 49.7 Å². The largest absolute Gasteiger partial charge is 0.508 e. The monoisotopic (exact) mass is 298 g/mol. The maximum absolute atomic E-state index is 9.27. The number of benzene rings is 2. The maximum atomic E-state index is 9.27. The van der Waals surface area contributed by atoms with Gasteiger partial charge in [0.2, 0.25) is 0 Å². The highest BCUT2D eigenvalue weighted by Gasteiger charge is 2.10. The summed E-state index contributed by atoms with van der Waals surface area (Å²) in [7, 11) is 0. The average molecular weight is 299 g/mol. The SMILES string of the molecule is OCc1cc(Cl)cc(Cl)c1OCc1ccc(O)cc1. The highest BCUT2D eigenvalue weighted by Crippen LogP contribution is 2.33. The molecule has 19 heavy (non-hydrogen) atoms. The molecule has 0 aromatic heterocycles. The predicted octanol–water partition coefficient (Wildman–Crippen LogP) is 3.77. The molecule has 0 amide bonds. The van der Waals surface area contributed by atoms with Gasteiger partial charge in [-0.2, -0.15) is 0 Å². The molecule has 0 spiro atoms. The minimum Gasteiger partial charge on any atom is -0.508 e. The summed E-state index contributed by atoms with van der Waals surface area (Å²) in [6.45, 7) is 0.0832. The predicted molar refractivity (Wildman–Crippen MR) is 74.8 cm³/mol. The van der Waals surface area contributed by atoms with Crippen LogP contribution in [-0.2, 0) is 13.2 Å². The fourth-order valence-electron chi connectivity index (χ4n) is 1.64. The highest BCUT2D eigenvalue weighted by atomic mass is 35.5. The minimum atomic E-state index is -0.203. The number of ether oxygens (including phenoxy) is 1. The van der Waals surface area contributed by atoms with Crippen LogP contribution in [0, 0.1) is 0 Å². The Kier molecular flexibility index (Phi) is 4.53. The van der Waals surface area contributed by atoms with Crippen molar-refractivity contribution in [2.24, 2.45) is 0 Å².